The highest BCUT2D eigenvalue weighted by atomic mass is 16.3. The zero-order chi connectivity index (χ0) is 8.06. The maximum atomic E-state index is 9.17. The summed E-state index contributed by atoms with van der Waals surface area (Å²) in [6.45, 7) is 5.13. The van der Waals surface area contributed by atoms with Crippen LogP contribution in [-0.4, -0.2) is 11.7 Å². The van der Waals surface area contributed by atoms with E-state index < -0.39 is 0 Å². The number of hydrogen-bond acceptors (Lipinski definition) is 1. The number of aliphatic hydroxyl groups excluding tert-OH is 1. The monoisotopic (exact) mass is 154 g/mol. The van der Waals surface area contributed by atoms with Crippen molar-refractivity contribution in [2.45, 2.75) is 33.1 Å². The van der Waals surface area contributed by atoms with Gasteiger partial charge in [-0.1, -0.05) is 13.8 Å². The third-order valence-electron chi connectivity index (χ3n) is 4.37. The normalized spacial score (nSPS) is 55.4. The van der Waals surface area contributed by atoms with Crippen LogP contribution in [0.2, 0.25) is 0 Å². The van der Waals surface area contributed by atoms with Crippen molar-refractivity contribution in [3.8, 4) is 0 Å². The van der Waals surface area contributed by atoms with Crippen molar-refractivity contribution in [3.63, 3.8) is 0 Å². The van der Waals surface area contributed by atoms with Crippen molar-refractivity contribution in [2.75, 3.05) is 6.61 Å². The second-order valence-electron chi connectivity index (χ2n) is 4.79. The standard InChI is InChI=1S/C10H18O/c1-7-9(6-11)8-3-4-10(7,2)5-8/h7-9,11H,3-6H2,1-2H3. The Hall–Kier alpha value is -0.0400. The van der Waals surface area contributed by atoms with E-state index in [1.807, 2.05) is 0 Å². The highest BCUT2D eigenvalue weighted by Crippen LogP contribution is 2.59. The van der Waals surface area contributed by atoms with E-state index in [0.717, 1.165) is 11.8 Å². The fourth-order valence-corrected chi connectivity index (χ4v) is 3.33. The van der Waals surface area contributed by atoms with Gasteiger partial charge >= 0.3 is 0 Å². The van der Waals surface area contributed by atoms with Gasteiger partial charge in [-0.2, -0.15) is 0 Å². The van der Waals surface area contributed by atoms with Crippen LogP contribution in [0.4, 0.5) is 0 Å². The summed E-state index contributed by atoms with van der Waals surface area (Å²) >= 11 is 0. The zero-order valence-corrected chi connectivity index (χ0v) is 7.51. The van der Waals surface area contributed by atoms with Crippen molar-refractivity contribution in [1.82, 2.24) is 0 Å². The summed E-state index contributed by atoms with van der Waals surface area (Å²) in [5, 5.41) is 9.17. The molecule has 2 aliphatic rings. The van der Waals surface area contributed by atoms with Gasteiger partial charge in [-0.3, -0.25) is 0 Å². The smallest absolute Gasteiger partial charge is 0.0464 e. The highest BCUT2D eigenvalue weighted by molar-refractivity contribution is 5.01. The molecule has 1 nitrogen and oxygen atoms in total. The lowest BCUT2D eigenvalue weighted by Crippen LogP contribution is -2.28. The molecule has 2 rings (SSSR count). The SMILES string of the molecule is CC1C(CO)C2CCC1(C)C2. The Bertz CT molecular complexity index is 166. The van der Waals surface area contributed by atoms with Crippen LogP contribution in [0.3, 0.4) is 0 Å². The lowest BCUT2D eigenvalue weighted by atomic mass is 9.73. The minimum absolute atomic E-state index is 0.418. The Labute approximate surface area is 68.8 Å². The van der Waals surface area contributed by atoms with Gasteiger partial charge < -0.3 is 5.11 Å². The molecular formula is C10H18O. The van der Waals surface area contributed by atoms with Crippen molar-refractivity contribution >= 4 is 0 Å². The topological polar surface area (TPSA) is 20.2 Å². The predicted octanol–water partition coefficient (Wildman–Crippen LogP) is 2.05. The first-order valence-corrected chi connectivity index (χ1v) is 4.78. The molecule has 0 radical (unpaired) electrons. The van der Waals surface area contributed by atoms with E-state index in [1.54, 1.807) is 0 Å². The van der Waals surface area contributed by atoms with Crippen LogP contribution in [0.15, 0.2) is 0 Å². The second kappa shape index (κ2) is 2.22. The lowest BCUT2D eigenvalue weighted by molar-refractivity contribution is 0.101. The van der Waals surface area contributed by atoms with Crippen LogP contribution in [0, 0.1) is 23.2 Å². The molecule has 2 aliphatic carbocycles. The second-order valence-corrected chi connectivity index (χ2v) is 4.79. The molecular weight excluding hydrogens is 136 g/mol. The van der Waals surface area contributed by atoms with E-state index in [4.69, 9.17) is 0 Å². The summed E-state index contributed by atoms with van der Waals surface area (Å²) in [6, 6.07) is 0. The summed E-state index contributed by atoms with van der Waals surface area (Å²) in [7, 11) is 0. The van der Waals surface area contributed by atoms with Crippen LogP contribution in [-0.2, 0) is 0 Å². The molecule has 0 amide bonds. The molecule has 2 saturated carbocycles. The number of rotatable bonds is 1. The van der Waals surface area contributed by atoms with Gasteiger partial charge in [-0.15, -0.1) is 0 Å². The van der Waals surface area contributed by atoms with Gasteiger partial charge in [-0.05, 0) is 42.4 Å². The number of hydrogen-bond donors (Lipinski definition) is 1. The maximum absolute atomic E-state index is 9.17. The largest absolute Gasteiger partial charge is 0.396 e. The summed E-state index contributed by atoms with van der Waals surface area (Å²) in [5.41, 5.74) is 0.581. The van der Waals surface area contributed by atoms with E-state index in [-0.39, 0.29) is 0 Å². The van der Waals surface area contributed by atoms with Crippen LogP contribution < -0.4 is 0 Å². The molecule has 64 valence electrons. The van der Waals surface area contributed by atoms with E-state index in [9.17, 15) is 5.11 Å². The fraction of sp³-hybridized carbons (Fsp3) is 1.00. The molecule has 0 aromatic rings. The van der Waals surface area contributed by atoms with Gasteiger partial charge in [0.15, 0.2) is 0 Å². The quantitative estimate of drug-likeness (QED) is 0.613. The molecule has 1 heteroatoms. The van der Waals surface area contributed by atoms with Gasteiger partial charge in [-0.25, -0.2) is 0 Å². The molecule has 4 atom stereocenters. The van der Waals surface area contributed by atoms with E-state index in [1.165, 1.54) is 19.3 Å². The molecule has 2 bridgehead atoms. The lowest BCUT2D eigenvalue weighted by Gasteiger charge is -2.33. The van der Waals surface area contributed by atoms with Gasteiger partial charge in [0.1, 0.15) is 0 Å². The minimum atomic E-state index is 0.418. The van der Waals surface area contributed by atoms with Gasteiger partial charge in [0, 0.05) is 6.61 Å². The summed E-state index contributed by atoms with van der Waals surface area (Å²) in [5.74, 6) is 2.22. The molecule has 0 aliphatic heterocycles. The Morgan fingerprint density at radius 1 is 1.55 bits per heavy atom. The van der Waals surface area contributed by atoms with E-state index in [0.29, 0.717) is 17.9 Å². The van der Waals surface area contributed by atoms with Gasteiger partial charge in [0.25, 0.3) is 0 Å². The summed E-state index contributed by atoms with van der Waals surface area (Å²) in [4.78, 5) is 0. The van der Waals surface area contributed by atoms with Gasteiger partial charge in [0.2, 0.25) is 0 Å². The third kappa shape index (κ3) is 0.868. The van der Waals surface area contributed by atoms with Crippen molar-refractivity contribution in [1.29, 1.82) is 0 Å². The molecule has 0 heterocycles. The van der Waals surface area contributed by atoms with E-state index >= 15 is 0 Å². The summed E-state index contributed by atoms with van der Waals surface area (Å²) < 4.78 is 0. The van der Waals surface area contributed by atoms with Gasteiger partial charge in [0.05, 0.1) is 0 Å². The Morgan fingerprint density at radius 3 is 2.64 bits per heavy atom. The molecule has 11 heavy (non-hydrogen) atoms. The van der Waals surface area contributed by atoms with Crippen LogP contribution in [0.25, 0.3) is 0 Å². The minimum Gasteiger partial charge on any atom is -0.396 e. The first-order chi connectivity index (χ1) is 5.17. The maximum Gasteiger partial charge on any atom is 0.0464 e. The Kier molecular flexibility index (Phi) is 1.54. The molecule has 4 unspecified atom stereocenters. The average molecular weight is 154 g/mol. The molecule has 1 N–H and O–H groups in total. The van der Waals surface area contributed by atoms with Crippen molar-refractivity contribution < 1.29 is 5.11 Å². The predicted molar refractivity (Wildman–Crippen MR) is 45.2 cm³/mol. The van der Waals surface area contributed by atoms with Crippen LogP contribution in [0.5, 0.6) is 0 Å². The highest BCUT2D eigenvalue weighted by Gasteiger charge is 2.52. The molecule has 2 fully saturated rings. The fourth-order valence-electron chi connectivity index (χ4n) is 3.33. The molecule has 0 saturated heterocycles. The zero-order valence-electron chi connectivity index (χ0n) is 7.51. The van der Waals surface area contributed by atoms with E-state index in [2.05, 4.69) is 13.8 Å². The molecule has 0 aromatic heterocycles. The Balaban J connectivity index is 2.19. The van der Waals surface area contributed by atoms with Crippen LogP contribution >= 0.6 is 0 Å². The number of fused-ring (bicyclic) bond motifs is 2. The summed E-state index contributed by atoms with van der Waals surface area (Å²) in [6.07, 6.45) is 4.14. The third-order valence-corrected chi connectivity index (χ3v) is 4.37. The first kappa shape index (κ1) is 7.60. The van der Waals surface area contributed by atoms with Crippen LogP contribution in [0.1, 0.15) is 33.1 Å². The number of aliphatic hydroxyl groups is 1. The first-order valence-electron chi connectivity index (χ1n) is 4.78. The van der Waals surface area contributed by atoms with Crippen molar-refractivity contribution in [2.24, 2.45) is 23.2 Å². The van der Waals surface area contributed by atoms with Crippen molar-refractivity contribution in [3.05, 3.63) is 0 Å². The molecule has 0 spiro atoms. The average Bonchev–Trinajstić information content (AvgIpc) is 2.43. The Morgan fingerprint density at radius 2 is 2.27 bits per heavy atom. The molecule has 0 aromatic carbocycles.